The zero-order chi connectivity index (χ0) is 16.8. The lowest BCUT2D eigenvalue weighted by Gasteiger charge is -2.45. The van der Waals surface area contributed by atoms with Crippen molar-refractivity contribution in [3.05, 3.63) is 33.8 Å². The molecule has 0 saturated heterocycles. The van der Waals surface area contributed by atoms with Crippen molar-refractivity contribution in [3.63, 3.8) is 0 Å². The molecule has 0 radical (unpaired) electrons. The second-order valence-electron chi connectivity index (χ2n) is 7.83. The van der Waals surface area contributed by atoms with E-state index < -0.39 is 0 Å². The first-order valence-electron chi connectivity index (χ1n) is 9.04. The molecule has 4 rings (SSSR count). The molecule has 2 bridgehead atoms. The van der Waals surface area contributed by atoms with Crippen LogP contribution in [-0.2, 0) is 4.79 Å². The van der Waals surface area contributed by atoms with Crippen LogP contribution in [0.25, 0.3) is 0 Å². The Kier molecular flexibility index (Phi) is 4.53. The molecule has 4 atom stereocenters. The maximum Gasteiger partial charge on any atom is 0.223 e. The number of nitrogens with one attached hydrogen (secondary N) is 1. The van der Waals surface area contributed by atoms with E-state index in [-0.39, 0.29) is 17.7 Å². The Morgan fingerprint density at radius 2 is 1.83 bits per heavy atom. The number of carbonyl (C=O) groups excluding carboxylic acids is 1. The highest BCUT2D eigenvalue weighted by Gasteiger charge is 2.47. The molecular formula is C19H24Cl2N2O. The Hall–Kier alpha value is -0.770. The predicted octanol–water partition coefficient (Wildman–Crippen LogP) is 4.12. The van der Waals surface area contributed by atoms with Gasteiger partial charge >= 0.3 is 0 Å². The number of amides is 1. The van der Waals surface area contributed by atoms with Gasteiger partial charge in [-0.15, -0.1) is 0 Å². The van der Waals surface area contributed by atoms with E-state index in [0.717, 1.165) is 24.8 Å². The van der Waals surface area contributed by atoms with E-state index in [4.69, 9.17) is 28.9 Å². The third kappa shape index (κ3) is 3.18. The van der Waals surface area contributed by atoms with Crippen molar-refractivity contribution in [2.75, 3.05) is 0 Å². The lowest BCUT2D eigenvalue weighted by molar-refractivity contribution is -0.124. The van der Waals surface area contributed by atoms with Crippen LogP contribution in [0.2, 0.25) is 10.0 Å². The minimum atomic E-state index is 0.0556. The highest BCUT2D eigenvalue weighted by atomic mass is 35.5. The monoisotopic (exact) mass is 366 g/mol. The Balaban J connectivity index is 1.41. The largest absolute Gasteiger partial charge is 0.353 e. The molecular weight excluding hydrogens is 343 g/mol. The van der Waals surface area contributed by atoms with E-state index in [1.807, 2.05) is 12.1 Å². The van der Waals surface area contributed by atoms with E-state index in [1.165, 1.54) is 19.3 Å². The van der Waals surface area contributed by atoms with Crippen LogP contribution in [0.1, 0.15) is 50.0 Å². The number of carbonyl (C=O) groups is 1. The molecule has 0 aliphatic heterocycles. The van der Waals surface area contributed by atoms with Gasteiger partial charge in [-0.2, -0.15) is 0 Å². The molecule has 3 saturated carbocycles. The quantitative estimate of drug-likeness (QED) is 0.845. The molecule has 3 nitrogen and oxygen atoms in total. The van der Waals surface area contributed by atoms with Gasteiger partial charge in [0.15, 0.2) is 0 Å². The van der Waals surface area contributed by atoms with E-state index in [0.29, 0.717) is 34.0 Å². The summed E-state index contributed by atoms with van der Waals surface area (Å²) in [5.74, 6) is 1.62. The molecule has 5 heteroatoms. The van der Waals surface area contributed by atoms with Gasteiger partial charge in [-0.1, -0.05) is 35.7 Å². The molecule has 0 spiro atoms. The Bertz CT molecular complexity index is 636. The van der Waals surface area contributed by atoms with Crippen molar-refractivity contribution < 1.29 is 4.79 Å². The minimum Gasteiger partial charge on any atom is -0.353 e. The Labute approximate surface area is 153 Å². The molecule has 1 amide bonds. The highest BCUT2D eigenvalue weighted by Crippen LogP contribution is 2.50. The van der Waals surface area contributed by atoms with Crippen LogP contribution in [0.5, 0.6) is 0 Å². The SMILES string of the molecule is NC1CC2CCCC(C1)C2NC(=O)C1CC1c1ccc(Cl)cc1Cl. The smallest absolute Gasteiger partial charge is 0.223 e. The molecule has 3 fully saturated rings. The zero-order valence-corrected chi connectivity index (χ0v) is 15.2. The van der Waals surface area contributed by atoms with Crippen molar-refractivity contribution in [1.82, 2.24) is 5.32 Å². The summed E-state index contributed by atoms with van der Waals surface area (Å²) in [6.07, 6.45) is 6.67. The van der Waals surface area contributed by atoms with E-state index in [1.54, 1.807) is 6.07 Å². The van der Waals surface area contributed by atoms with Gasteiger partial charge in [0.25, 0.3) is 0 Å². The summed E-state index contributed by atoms with van der Waals surface area (Å²) in [5.41, 5.74) is 7.23. The summed E-state index contributed by atoms with van der Waals surface area (Å²) >= 11 is 12.3. The molecule has 0 heterocycles. The van der Waals surface area contributed by atoms with Gasteiger partial charge in [0.2, 0.25) is 5.91 Å². The van der Waals surface area contributed by atoms with Gasteiger partial charge in [0.1, 0.15) is 0 Å². The summed E-state index contributed by atoms with van der Waals surface area (Å²) in [6.45, 7) is 0. The number of rotatable bonds is 3. The van der Waals surface area contributed by atoms with E-state index in [2.05, 4.69) is 5.32 Å². The molecule has 1 aromatic carbocycles. The van der Waals surface area contributed by atoms with Crippen LogP contribution < -0.4 is 11.1 Å². The summed E-state index contributed by atoms with van der Waals surface area (Å²) in [7, 11) is 0. The van der Waals surface area contributed by atoms with Crippen molar-refractivity contribution >= 4 is 29.1 Å². The van der Waals surface area contributed by atoms with Crippen LogP contribution in [0.3, 0.4) is 0 Å². The summed E-state index contributed by atoms with van der Waals surface area (Å²) in [6, 6.07) is 6.21. The topological polar surface area (TPSA) is 55.1 Å². The fraction of sp³-hybridized carbons (Fsp3) is 0.632. The fourth-order valence-electron chi connectivity index (χ4n) is 4.93. The lowest BCUT2D eigenvalue weighted by atomic mass is 9.67. The number of nitrogens with two attached hydrogens (primary N) is 1. The minimum absolute atomic E-state index is 0.0556. The maximum atomic E-state index is 12.7. The zero-order valence-electron chi connectivity index (χ0n) is 13.7. The van der Waals surface area contributed by atoms with E-state index >= 15 is 0 Å². The van der Waals surface area contributed by atoms with Gasteiger partial charge in [-0.3, -0.25) is 4.79 Å². The van der Waals surface area contributed by atoms with Crippen LogP contribution in [0.15, 0.2) is 18.2 Å². The average Bonchev–Trinajstić information content (AvgIpc) is 3.28. The molecule has 3 aliphatic carbocycles. The van der Waals surface area contributed by atoms with Crippen LogP contribution in [-0.4, -0.2) is 18.0 Å². The first-order chi connectivity index (χ1) is 11.5. The van der Waals surface area contributed by atoms with Gasteiger partial charge < -0.3 is 11.1 Å². The Morgan fingerprint density at radius 3 is 2.50 bits per heavy atom. The third-order valence-corrected chi connectivity index (χ3v) is 6.74. The number of fused-ring (bicyclic) bond motifs is 2. The number of benzene rings is 1. The summed E-state index contributed by atoms with van der Waals surface area (Å²) < 4.78 is 0. The maximum absolute atomic E-state index is 12.7. The summed E-state index contributed by atoms with van der Waals surface area (Å²) in [5, 5.41) is 4.68. The van der Waals surface area contributed by atoms with Gasteiger partial charge in [-0.05, 0) is 67.6 Å². The molecule has 24 heavy (non-hydrogen) atoms. The molecule has 130 valence electrons. The van der Waals surface area contributed by atoms with Gasteiger partial charge in [0.05, 0.1) is 0 Å². The highest BCUT2D eigenvalue weighted by molar-refractivity contribution is 6.35. The summed E-state index contributed by atoms with van der Waals surface area (Å²) in [4.78, 5) is 12.7. The number of hydrogen-bond donors (Lipinski definition) is 2. The second kappa shape index (κ2) is 6.51. The van der Waals surface area contributed by atoms with Crippen molar-refractivity contribution in [2.45, 2.75) is 56.5 Å². The van der Waals surface area contributed by atoms with Gasteiger partial charge in [-0.25, -0.2) is 0 Å². The van der Waals surface area contributed by atoms with Crippen LogP contribution >= 0.6 is 23.2 Å². The fourth-order valence-corrected chi connectivity index (χ4v) is 5.48. The van der Waals surface area contributed by atoms with E-state index in [9.17, 15) is 4.79 Å². The first-order valence-corrected chi connectivity index (χ1v) is 9.79. The molecule has 1 aromatic rings. The predicted molar refractivity (Wildman–Crippen MR) is 97.3 cm³/mol. The molecule has 4 unspecified atom stereocenters. The molecule has 3 N–H and O–H groups in total. The molecule has 0 aromatic heterocycles. The van der Waals surface area contributed by atoms with Crippen molar-refractivity contribution in [3.8, 4) is 0 Å². The third-order valence-electron chi connectivity index (χ3n) is 6.17. The van der Waals surface area contributed by atoms with Crippen LogP contribution in [0, 0.1) is 17.8 Å². The van der Waals surface area contributed by atoms with Crippen LogP contribution in [0.4, 0.5) is 0 Å². The standard InChI is InChI=1S/C19H24Cl2N2O/c20-12-4-5-14(17(21)8-12)15-9-16(15)19(24)23-18-10-2-1-3-11(18)7-13(22)6-10/h4-5,8,10-11,13,15-16,18H,1-3,6-7,9,22H2,(H,23,24). The Morgan fingerprint density at radius 1 is 1.12 bits per heavy atom. The lowest BCUT2D eigenvalue weighted by Crippen LogP contribution is -2.54. The number of halogens is 2. The van der Waals surface area contributed by atoms with Gasteiger partial charge in [0, 0.05) is 28.0 Å². The average molecular weight is 367 g/mol. The number of hydrogen-bond acceptors (Lipinski definition) is 2. The molecule has 3 aliphatic rings. The van der Waals surface area contributed by atoms with Crippen molar-refractivity contribution in [1.29, 1.82) is 0 Å². The first kappa shape index (κ1) is 16.7. The second-order valence-corrected chi connectivity index (χ2v) is 8.68. The normalized spacial score (nSPS) is 37.8. The van der Waals surface area contributed by atoms with Crippen molar-refractivity contribution in [2.24, 2.45) is 23.5 Å².